The second-order valence-corrected chi connectivity index (χ2v) is 7.16. The number of nitrogens with one attached hydrogen (secondary N) is 1. The minimum Gasteiger partial charge on any atom is -0.445 e. The van der Waals surface area contributed by atoms with E-state index in [4.69, 9.17) is 4.42 Å². The lowest BCUT2D eigenvalue weighted by Crippen LogP contribution is -2.61. The summed E-state index contributed by atoms with van der Waals surface area (Å²) in [6.07, 6.45) is 2.39. The molecule has 4 rings (SSSR count). The first-order valence-electron chi connectivity index (χ1n) is 8.75. The van der Waals surface area contributed by atoms with Crippen molar-refractivity contribution in [2.45, 2.75) is 38.1 Å². The molecule has 134 valence electrons. The highest BCUT2D eigenvalue weighted by molar-refractivity contribution is 5.94. The van der Waals surface area contributed by atoms with Crippen LogP contribution in [0.3, 0.4) is 0 Å². The first-order chi connectivity index (χ1) is 12.0. The number of rotatable bonds is 4. The summed E-state index contributed by atoms with van der Waals surface area (Å²) >= 11 is 0. The Morgan fingerprint density at radius 1 is 1.24 bits per heavy atom. The lowest BCUT2D eigenvalue weighted by Gasteiger charge is -2.43. The molecular weight excluding hydrogens is 324 g/mol. The summed E-state index contributed by atoms with van der Waals surface area (Å²) in [6.45, 7) is 3.16. The first kappa shape index (κ1) is 16.1. The third-order valence-electron chi connectivity index (χ3n) is 5.31. The van der Waals surface area contributed by atoms with Crippen LogP contribution in [0.4, 0.5) is 0 Å². The smallest absolute Gasteiger partial charge is 0.276 e. The molecule has 1 unspecified atom stereocenters. The molecular formula is C17H22N4O4. The highest BCUT2D eigenvalue weighted by Gasteiger charge is 2.44. The van der Waals surface area contributed by atoms with Crippen molar-refractivity contribution < 1.29 is 18.8 Å². The van der Waals surface area contributed by atoms with Gasteiger partial charge in [0, 0.05) is 39.0 Å². The Kier molecular flexibility index (Phi) is 3.77. The lowest BCUT2D eigenvalue weighted by atomic mass is 10.1. The van der Waals surface area contributed by atoms with Gasteiger partial charge < -0.3 is 19.5 Å². The van der Waals surface area contributed by atoms with E-state index in [2.05, 4.69) is 10.3 Å². The number of carbonyl (C=O) groups excluding carboxylic acids is 3. The molecule has 25 heavy (non-hydrogen) atoms. The number of hydrogen-bond acceptors (Lipinski definition) is 5. The minimum atomic E-state index is -0.291. The Balaban J connectivity index is 1.36. The number of hydrogen-bond donors (Lipinski definition) is 1. The molecule has 2 saturated heterocycles. The quantitative estimate of drug-likeness (QED) is 0.845. The number of oxazole rings is 1. The van der Waals surface area contributed by atoms with Gasteiger partial charge in [-0.1, -0.05) is 0 Å². The van der Waals surface area contributed by atoms with Gasteiger partial charge in [0.1, 0.15) is 5.76 Å². The standard InChI is InChI=1S/C17H22N4O4/c1-9-14(19-16(25-9)10-3-4-10)17(24)20-7-12(8-20)21-6-11(5-13(21)22)15(23)18-2/h10-12H,3-8H2,1-2H3,(H,18,23). The maximum Gasteiger partial charge on any atom is 0.276 e. The average molecular weight is 346 g/mol. The van der Waals surface area contributed by atoms with Crippen LogP contribution in [0.25, 0.3) is 0 Å². The van der Waals surface area contributed by atoms with E-state index in [1.54, 1.807) is 23.8 Å². The summed E-state index contributed by atoms with van der Waals surface area (Å²) in [6, 6.07) is -0.0128. The Bertz CT molecular complexity index is 733. The SMILES string of the molecule is CNC(=O)C1CC(=O)N(C2CN(C(=O)c3nc(C4CC4)oc3C)C2)C1. The summed E-state index contributed by atoms with van der Waals surface area (Å²) in [5.74, 6) is 1.05. The third kappa shape index (κ3) is 2.79. The van der Waals surface area contributed by atoms with Gasteiger partial charge in [-0.3, -0.25) is 14.4 Å². The van der Waals surface area contributed by atoms with E-state index >= 15 is 0 Å². The van der Waals surface area contributed by atoms with Crippen LogP contribution in [0.2, 0.25) is 0 Å². The lowest BCUT2D eigenvalue weighted by molar-refractivity contribution is -0.132. The molecule has 3 fully saturated rings. The van der Waals surface area contributed by atoms with Crippen molar-refractivity contribution in [3.05, 3.63) is 17.3 Å². The third-order valence-corrected chi connectivity index (χ3v) is 5.31. The predicted octanol–water partition coefficient (Wildman–Crippen LogP) is 0.279. The Hall–Kier alpha value is -2.38. The van der Waals surface area contributed by atoms with Crippen molar-refractivity contribution in [2.24, 2.45) is 5.92 Å². The van der Waals surface area contributed by atoms with Gasteiger partial charge in [0.05, 0.1) is 12.0 Å². The molecule has 1 saturated carbocycles. The minimum absolute atomic E-state index is 0.0128. The van der Waals surface area contributed by atoms with Crippen LogP contribution in [0.1, 0.15) is 47.3 Å². The van der Waals surface area contributed by atoms with Crippen molar-refractivity contribution in [3.63, 3.8) is 0 Å². The van der Waals surface area contributed by atoms with Gasteiger partial charge in [-0.05, 0) is 19.8 Å². The number of nitrogens with zero attached hydrogens (tertiary/aromatic N) is 3. The Morgan fingerprint density at radius 3 is 2.60 bits per heavy atom. The van der Waals surface area contributed by atoms with E-state index in [0.717, 1.165) is 12.8 Å². The first-order valence-corrected chi connectivity index (χ1v) is 8.75. The summed E-state index contributed by atoms with van der Waals surface area (Å²) in [4.78, 5) is 44.2. The molecule has 3 heterocycles. The highest BCUT2D eigenvalue weighted by atomic mass is 16.4. The normalized spacial score (nSPS) is 23.8. The number of amides is 3. The van der Waals surface area contributed by atoms with Crippen molar-refractivity contribution in [1.82, 2.24) is 20.1 Å². The second-order valence-electron chi connectivity index (χ2n) is 7.16. The molecule has 3 amide bonds. The van der Waals surface area contributed by atoms with Crippen LogP contribution >= 0.6 is 0 Å². The van der Waals surface area contributed by atoms with Crippen LogP contribution in [-0.4, -0.2) is 65.2 Å². The highest BCUT2D eigenvalue weighted by Crippen LogP contribution is 2.40. The molecule has 3 aliphatic rings. The average Bonchev–Trinajstić information content (AvgIpc) is 3.23. The maximum absolute atomic E-state index is 12.6. The molecule has 0 radical (unpaired) electrons. The van der Waals surface area contributed by atoms with Gasteiger partial charge in [-0.25, -0.2) is 4.98 Å². The maximum atomic E-state index is 12.6. The van der Waals surface area contributed by atoms with Crippen molar-refractivity contribution in [1.29, 1.82) is 0 Å². The van der Waals surface area contributed by atoms with Crippen LogP contribution in [-0.2, 0) is 9.59 Å². The van der Waals surface area contributed by atoms with Gasteiger partial charge in [-0.2, -0.15) is 0 Å². The summed E-state index contributed by atoms with van der Waals surface area (Å²) in [7, 11) is 1.58. The van der Waals surface area contributed by atoms with E-state index in [9.17, 15) is 14.4 Å². The molecule has 1 atom stereocenters. The molecule has 0 bridgehead atoms. The molecule has 8 nitrogen and oxygen atoms in total. The monoisotopic (exact) mass is 346 g/mol. The molecule has 0 aromatic carbocycles. The van der Waals surface area contributed by atoms with Crippen LogP contribution < -0.4 is 5.32 Å². The van der Waals surface area contributed by atoms with Gasteiger partial charge in [-0.15, -0.1) is 0 Å². The molecule has 1 aromatic heterocycles. The predicted molar refractivity (Wildman–Crippen MR) is 86.8 cm³/mol. The molecule has 2 aliphatic heterocycles. The van der Waals surface area contributed by atoms with E-state index < -0.39 is 0 Å². The van der Waals surface area contributed by atoms with E-state index in [1.165, 1.54) is 0 Å². The van der Waals surface area contributed by atoms with Gasteiger partial charge in [0.15, 0.2) is 11.6 Å². The van der Waals surface area contributed by atoms with E-state index in [-0.39, 0.29) is 36.1 Å². The van der Waals surface area contributed by atoms with Crippen molar-refractivity contribution in [2.75, 3.05) is 26.7 Å². The zero-order valence-corrected chi connectivity index (χ0v) is 14.4. The van der Waals surface area contributed by atoms with Crippen LogP contribution in [0.15, 0.2) is 4.42 Å². The number of likely N-dealkylation sites (tertiary alicyclic amines) is 2. The van der Waals surface area contributed by atoms with Gasteiger partial charge >= 0.3 is 0 Å². The summed E-state index contributed by atoms with van der Waals surface area (Å²) < 4.78 is 5.61. The molecule has 1 N–H and O–H groups in total. The fraction of sp³-hybridized carbons (Fsp3) is 0.647. The zero-order valence-electron chi connectivity index (χ0n) is 14.4. The number of aryl methyl sites for hydroxylation is 1. The van der Waals surface area contributed by atoms with Crippen LogP contribution in [0, 0.1) is 12.8 Å². The summed E-state index contributed by atoms with van der Waals surface area (Å²) in [5.41, 5.74) is 0.385. The molecule has 8 heteroatoms. The second kappa shape index (κ2) is 5.86. The largest absolute Gasteiger partial charge is 0.445 e. The van der Waals surface area contributed by atoms with Crippen molar-refractivity contribution in [3.8, 4) is 0 Å². The fourth-order valence-electron chi connectivity index (χ4n) is 3.55. The zero-order chi connectivity index (χ0) is 17.7. The summed E-state index contributed by atoms with van der Waals surface area (Å²) in [5, 5.41) is 2.59. The molecule has 1 aliphatic carbocycles. The van der Waals surface area contributed by atoms with Crippen molar-refractivity contribution >= 4 is 17.7 Å². The Labute approximate surface area is 145 Å². The molecule has 0 spiro atoms. The van der Waals surface area contributed by atoms with Crippen LogP contribution in [0.5, 0.6) is 0 Å². The van der Waals surface area contributed by atoms with Gasteiger partial charge in [0.2, 0.25) is 11.8 Å². The Morgan fingerprint density at radius 2 is 1.96 bits per heavy atom. The number of carbonyl (C=O) groups is 3. The number of aromatic nitrogens is 1. The van der Waals surface area contributed by atoms with Gasteiger partial charge in [0.25, 0.3) is 5.91 Å². The topological polar surface area (TPSA) is 95.8 Å². The fourth-order valence-corrected chi connectivity index (χ4v) is 3.55. The van der Waals surface area contributed by atoms with E-state index in [0.29, 0.717) is 42.9 Å². The molecule has 1 aromatic rings. The van der Waals surface area contributed by atoms with E-state index in [1.807, 2.05) is 0 Å².